The summed E-state index contributed by atoms with van der Waals surface area (Å²) in [5.74, 6) is 1.10. The van der Waals surface area contributed by atoms with Gasteiger partial charge in [-0.15, -0.1) is 13.2 Å². The summed E-state index contributed by atoms with van der Waals surface area (Å²) in [5, 5.41) is 0. The molecule has 2 rings (SSSR count). The van der Waals surface area contributed by atoms with E-state index in [1.165, 1.54) is 7.11 Å². The van der Waals surface area contributed by atoms with E-state index < -0.39 is 27.7 Å². The second-order valence-electron chi connectivity index (χ2n) is 5.03. The lowest BCUT2D eigenvalue weighted by atomic mass is 10.0. The fourth-order valence-corrected chi connectivity index (χ4v) is 4.60. The molecule has 1 aliphatic rings. The highest BCUT2D eigenvalue weighted by atomic mass is 32.2. The molecular formula is C13H16F3NO4S2. The van der Waals surface area contributed by atoms with E-state index >= 15 is 0 Å². The van der Waals surface area contributed by atoms with Crippen molar-refractivity contribution in [3.05, 3.63) is 24.3 Å². The van der Waals surface area contributed by atoms with E-state index in [4.69, 9.17) is 4.74 Å². The quantitative estimate of drug-likeness (QED) is 0.832. The first kappa shape index (κ1) is 18.4. The molecule has 5 nitrogen and oxygen atoms in total. The number of hydrogen-bond donors (Lipinski definition) is 1. The van der Waals surface area contributed by atoms with Crippen LogP contribution in [0.25, 0.3) is 0 Å². The van der Waals surface area contributed by atoms with Gasteiger partial charge in [0.2, 0.25) is 10.0 Å². The van der Waals surface area contributed by atoms with Crippen molar-refractivity contribution < 1.29 is 31.1 Å². The highest BCUT2D eigenvalue weighted by Crippen LogP contribution is 2.30. The molecule has 1 aromatic rings. The van der Waals surface area contributed by atoms with Crippen molar-refractivity contribution in [2.24, 2.45) is 0 Å². The summed E-state index contributed by atoms with van der Waals surface area (Å²) in [4.78, 5) is -0.135. The Labute approximate surface area is 136 Å². The molecule has 0 spiro atoms. The van der Waals surface area contributed by atoms with Crippen LogP contribution in [0, 0.1) is 0 Å². The average molecular weight is 371 g/mol. The van der Waals surface area contributed by atoms with E-state index in [1.54, 1.807) is 11.8 Å². The molecule has 23 heavy (non-hydrogen) atoms. The summed E-state index contributed by atoms with van der Waals surface area (Å²) in [6, 6.07) is 4.04. The summed E-state index contributed by atoms with van der Waals surface area (Å²) in [6.07, 6.45) is -4.08. The number of nitrogens with one attached hydrogen (secondary N) is 1. The van der Waals surface area contributed by atoms with Gasteiger partial charge in [-0.05, 0) is 36.4 Å². The third-order valence-corrected chi connectivity index (χ3v) is 6.09. The first-order valence-corrected chi connectivity index (χ1v) is 9.28. The zero-order chi connectivity index (χ0) is 17.1. The number of rotatable bonds is 6. The predicted octanol–water partition coefficient (Wildman–Crippen LogP) is 2.39. The Morgan fingerprint density at radius 3 is 2.43 bits per heavy atom. The lowest BCUT2D eigenvalue weighted by Crippen LogP contribution is -2.44. The summed E-state index contributed by atoms with van der Waals surface area (Å²) >= 11 is 1.68. The molecule has 0 aromatic heterocycles. The zero-order valence-corrected chi connectivity index (χ0v) is 13.9. The van der Waals surface area contributed by atoms with Crippen molar-refractivity contribution in [2.45, 2.75) is 23.3 Å². The van der Waals surface area contributed by atoms with Crippen molar-refractivity contribution >= 4 is 21.8 Å². The van der Waals surface area contributed by atoms with Gasteiger partial charge in [0.15, 0.2) is 0 Å². The zero-order valence-electron chi connectivity index (χ0n) is 12.2. The van der Waals surface area contributed by atoms with Crippen LogP contribution in [0.2, 0.25) is 0 Å². The first-order valence-electron chi connectivity index (χ1n) is 6.64. The highest BCUT2D eigenvalue weighted by molar-refractivity contribution is 7.99. The van der Waals surface area contributed by atoms with Crippen LogP contribution in [-0.4, -0.2) is 45.5 Å². The minimum Gasteiger partial charge on any atom is -0.406 e. The second-order valence-corrected chi connectivity index (χ2v) is 7.91. The molecule has 0 aliphatic carbocycles. The normalized spacial score (nSPS) is 22.3. The molecule has 1 fully saturated rings. The Morgan fingerprint density at radius 2 is 1.96 bits per heavy atom. The van der Waals surface area contributed by atoms with Crippen LogP contribution >= 0.6 is 11.8 Å². The van der Waals surface area contributed by atoms with E-state index in [0.29, 0.717) is 5.75 Å². The van der Waals surface area contributed by atoms with Crippen LogP contribution in [0.4, 0.5) is 13.2 Å². The Bertz CT molecular complexity index is 626. The maximum Gasteiger partial charge on any atom is 0.573 e. The molecule has 0 amide bonds. The number of alkyl halides is 3. The third-order valence-electron chi connectivity index (χ3n) is 3.45. The Hall–Kier alpha value is -0.970. The number of methoxy groups -OCH3 is 1. The summed E-state index contributed by atoms with van der Waals surface area (Å²) in [5.41, 5.74) is -0.545. The summed E-state index contributed by atoms with van der Waals surface area (Å²) in [6.45, 7) is 0.111. The van der Waals surface area contributed by atoms with Gasteiger partial charge in [-0.25, -0.2) is 13.1 Å². The lowest BCUT2D eigenvalue weighted by Gasteiger charge is -2.26. The van der Waals surface area contributed by atoms with Crippen LogP contribution < -0.4 is 9.46 Å². The van der Waals surface area contributed by atoms with Gasteiger partial charge in [0, 0.05) is 19.4 Å². The number of thioether (sulfide) groups is 1. The lowest BCUT2D eigenvalue weighted by molar-refractivity contribution is -0.274. The molecule has 0 bridgehead atoms. The van der Waals surface area contributed by atoms with Gasteiger partial charge in [-0.3, -0.25) is 0 Å². The number of halogens is 3. The highest BCUT2D eigenvalue weighted by Gasteiger charge is 2.36. The summed E-state index contributed by atoms with van der Waals surface area (Å²) in [7, 11) is -2.30. The predicted molar refractivity (Wildman–Crippen MR) is 80.0 cm³/mol. The van der Waals surface area contributed by atoms with Crippen molar-refractivity contribution in [2.75, 3.05) is 25.2 Å². The number of benzene rings is 1. The molecular weight excluding hydrogens is 355 g/mol. The molecule has 0 unspecified atom stereocenters. The van der Waals surface area contributed by atoms with E-state index in [0.717, 1.165) is 36.4 Å². The Kier molecular flexibility index (Phi) is 5.49. The fourth-order valence-electron chi connectivity index (χ4n) is 2.09. The minimum atomic E-state index is -4.82. The van der Waals surface area contributed by atoms with Gasteiger partial charge in [-0.2, -0.15) is 11.8 Å². The monoisotopic (exact) mass is 371 g/mol. The summed E-state index contributed by atoms with van der Waals surface area (Å²) < 4.78 is 72.2. The van der Waals surface area contributed by atoms with Crippen LogP contribution in [0.3, 0.4) is 0 Å². The smallest absolute Gasteiger partial charge is 0.406 e. The molecule has 1 atom stereocenters. The molecule has 0 radical (unpaired) electrons. The molecule has 1 aromatic carbocycles. The van der Waals surface area contributed by atoms with Gasteiger partial charge in [-0.1, -0.05) is 0 Å². The van der Waals surface area contributed by atoms with Crippen LogP contribution in [0.5, 0.6) is 5.75 Å². The minimum absolute atomic E-state index is 0.111. The molecule has 1 aliphatic heterocycles. The van der Waals surface area contributed by atoms with Gasteiger partial charge < -0.3 is 9.47 Å². The molecule has 10 heteroatoms. The van der Waals surface area contributed by atoms with Crippen molar-refractivity contribution in [1.82, 2.24) is 4.72 Å². The van der Waals surface area contributed by atoms with Crippen LogP contribution in [0.15, 0.2) is 29.2 Å². The maximum absolute atomic E-state index is 12.2. The van der Waals surface area contributed by atoms with Crippen LogP contribution in [-0.2, 0) is 14.8 Å². The second kappa shape index (κ2) is 6.88. The molecule has 130 valence electrons. The molecule has 1 heterocycles. The van der Waals surface area contributed by atoms with Crippen molar-refractivity contribution in [3.63, 3.8) is 0 Å². The van der Waals surface area contributed by atoms with E-state index in [1.807, 2.05) is 0 Å². The van der Waals surface area contributed by atoms with E-state index in [9.17, 15) is 21.6 Å². The number of sulfonamides is 1. The largest absolute Gasteiger partial charge is 0.573 e. The standard InChI is InChI=1S/C13H16F3NO4S2/c1-20-12(6-7-22-9-12)8-17-23(18,19)11-4-2-10(3-5-11)21-13(14,15)16/h2-5,17H,6-9H2,1H3/t12-/m1/s1. The van der Waals surface area contributed by atoms with Gasteiger partial charge in [0.1, 0.15) is 5.75 Å². The SMILES string of the molecule is CO[C@@]1(CNS(=O)(=O)c2ccc(OC(F)(F)F)cc2)CCSC1. The Morgan fingerprint density at radius 1 is 1.30 bits per heavy atom. The molecule has 0 saturated carbocycles. The Balaban J connectivity index is 2.04. The third kappa shape index (κ3) is 5.00. The fraction of sp³-hybridized carbons (Fsp3) is 0.538. The first-order chi connectivity index (χ1) is 10.7. The van der Waals surface area contributed by atoms with E-state index in [-0.39, 0.29) is 11.4 Å². The number of ether oxygens (including phenoxy) is 2. The molecule has 1 N–H and O–H groups in total. The van der Waals surface area contributed by atoms with Gasteiger partial charge in [0.25, 0.3) is 0 Å². The van der Waals surface area contributed by atoms with Gasteiger partial charge in [0.05, 0.1) is 10.5 Å². The van der Waals surface area contributed by atoms with Crippen molar-refractivity contribution in [1.29, 1.82) is 0 Å². The van der Waals surface area contributed by atoms with Gasteiger partial charge >= 0.3 is 6.36 Å². The topological polar surface area (TPSA) is 64.6 Å². The van der Waals surface area contributed by atoms with Crippen LogP contribution in [0.1, 0.15) is 6.42 Å². The molecule has 1 saturated heterocycles. The number of hydrogen-bond acceptors (Lipinski definition) is 5. The average Bonchev–Trinajstić information content (AvgIpc) is 2.94. The van der Waals surface area contributed by atoms with Crippen molar-refractivity contribution in [3.8, 4) is 5.75 Å². The maximum atomic E-state index is 12.2. The van der Waals surface area contributed by atoms with E-state index in [2.05, 4.69) is 9.46 Å².